The van der Waals surface area contributed by atoms with Crippen molar-refractivity contribution in [2.45, 2.75) is 58.3 Å². The van der Waals surface area contributed by atoms with Crippen molar-refractivity contribution >= 4 is 17.6 Å². The van der Waals surface area contributed by atoms with Gasteiger partial charge in [-0.3, -0.25) is 9.59 Å². The average molecular weight is 333 g/mol. The van der Waals surface area contributed by atoms with Crippen molar-refractivity contribution in [3.05, 3.63) is 11.8 Å². The van der Waals surface area contributed by atoms with Gasteiger partial charge in [-0.25, -0.2) is 0 Å². The van der Waals surface area contributed by atoms with Crippen molar-refractivity contribution in [3.63, 3.8) is 0 Å². The Morgan fingerprint density at radius 3 is 2.58 bits per heavy atom. The van der Waals surface area contributed by atoms with E-state index in [4.69, 9.17) is 4.52 Å². The number of hydrogen-bond donors (Lipinski definition) is 1. The van der Waals surface area contributed by atoms with Crippen LogP contribution in [0.15, 0.2) is 10.6 Å². The highest BCUT2D eigenvalue weighted by Gasteiger charge is 2.28. The number of carbonyl (C=O) groups excluding carboxylic acids is 2. The van der Waals surface area contributed by atoms with Crippen LogP contribution in [0.5, 0.6) is 0 Å². The zero-order valence-electron chi connectivity index (χ0n) is 14.4. The van der Waals surface area contributed by atoms with Gasteiger partial charge in [-0.15, -0.1) is 0 Å². The molecule has 1 N–H and O–H groups in total. The lowest BCUT2D eigenvalue weighted by atomic mass is 9.95. The van der Waals surface area contributed by atoms with E-state index in [1.165, 1.54) is 25.7 Å². The van der Waals surface area contributed by atoms with Crippen LogP contribution in [0.4, 0.5) is 5.82 Å². The smallest absolute Gasteiger partial charge is 0.228 e. The van der Waals surface area contributed by atoms with Crippen LogP contribution in [0.3, 0.4) is 0 Å². The Labute approximate surface area is 142 Å². The summed E-state index contributed by atoms with van der Waals surface area (Å²) < 4.78 is 4.95. The first-order chi connectivity index (χ1) is 11.6. The summed E-state index contributed by atoms with van der Waals surface area (Å²) in [5, 5.41) is 6.58. The van der Waals surface area contributed by atoms with Gasteiger partial charge in [-0.2, -0.15) is 0 Å². The number of hydrogen-bond acceptors (Lipinski definition) is 4. The van der Waals surface area contributed by atoms with E-state index >= 15 is 0 Å². The molecule has 6 nitrogen and oxygen atoms in total. The molecule has 0 spiro atoms. The van der Waals surface area contributed by atoms with Gasteiger partial charge in [0.1, 0.15) is 5.76 Å². The second-order valence-corrected chi connectivity index (χ2v) is 7.16. The first kappa shape index (κ1) is 17.0. The molecule has 2 fully saturated rings. The molecule has 1 aliphatic carbocycles. The minimum atomic E-state index is -0.0547. The minimum absolute atomic E-state index is 0.0265. The predicted octanol–water partition coefficient (Wildman–Crippen LogP) is 3.13. The number of carbonyl (C=O) groups is 2. The van der Waals surface area contributed by atoms with Crippen LogP contribution >= 0.6 is 0 Å². The molecule has 24 heavy (non-hydrogen) atoms. The number of likely N-dealkylation sites (tertiary alicyclic amines) is 1. The van der Waals surface area contributed by atoms with E-state index in [0.29, 0.717) is 31.1 Å². The van der Waals surface area contributed by atoms with Gasteiger partial charge in [-0.1, -0.05) is 30.8 Å². The molecule has 1 aromatic heterocycles. The van der Waals surface area contributed by atoms with Crippen molar-refractivity contribution in [1.29, 1.82) is 0 Å². The Morgan fingerprint density at radius 2 is 1.96 bits per heavy atom. The monoisotopic (exact) mass is 333 g/mol. The molecule has 2 amide bonds. The summed E-state index contributed by atoms with van der Waals surface area (Å²) in [5.74, 6) is 2.07. The summed E-state index contributed by atoms with van der Waals surface area (Å²) in [6, 6.07) is 1.71. The third kappa shape index (κ3) is 4.36. The predicted molar refractivity (Wildman–Crippen MR) is 90.4 cm³/mol. The van der Waals surface area contributed by atoms with Crippen LogP contribution in [0.2, 0.25) is 0 Å². The molecule has 2 aliphatic rings. The molecule has 1 saturated carbocycles. The van der Waals surface area contributed by atoms with E-state index in [2.05, 4.69) is 10.5 Å². The Hall–Kier alpha value is -1.85. The number of anilines is 1. The lowest BCUT2D eigenvalue weighted by molar-refractivity contribution is -0.134. The Balaban J connectivity index is 1.39. The Morgan fingerprint density at radius 1 is 1.25 bits per heavy atom. The quantitative estimate of drug-likeness (QED) is 0.898. The number of amides is 2. The van der Waals surface area contributed by atoms with Gasteiger partial charge in [-0.05, 0) is 32.1 Å². The lowest BCUT2D eigenvalue weighted by Crippen LogP contribution is -2.41. The zero-order valence-corrected chi connectivity index (χ0v) is 14.4. The summed E-state index contributed by atoms with van der Waals surface area (Å²) >= 11 is 0. The summed E-state index contributed by atoms with van der Waals surface area (Å²) in [7, 11) is 0. The zero-order chi connectivity index (χ0) is 16.9. The molecule has 1 aromatic rings. The van der Waals surface area contributed by atoms with Gasteiger partial charge in [0.2, 0.25) is 11.8 Å². The first-order valence-electron chi connectivity index (χ1n) is 9.14. The van der Waals surface area contributed by atoms with Gasteiger partial charge in [0, 0.05) is 31.5 Å². The maximum absolute atomic E-state index is 12.3. The SMILES string of the molecule is Cc1cc(NC(=O)C2CCN(C(=O)CCC3CCCC3)CC2)no1. The standard InChI is InChI=1S/C18H27N3O3/c1-13-12-16(20-24-13)19-18(23)15-8-10-21(11-9-15)17(22)7-6-14-4-2-3-5-14/h12,14-15H,2-11H2,1H3,(H,19,20,23). The molecule has 1 saturated heterocycles. The molecule has 0 aromatic carbocycles. The normalized spacial score (nSPS) is 19.6. The highest BCUT2D eigenvalue weighted by atomic mass is 16.5. The molecular weight excluding hydrogens is 306 g/mol. The van der Waals surface area contributed by atoms with Crippen molar-refractivity contribution < 1.29 is 14.1 Å². The van der Waals surface area contributed by atoms with Gasteiger partial charge < -0.3 is 14.7 Å². The largest absolute Gasteiger partial charge is 0.360 e. The molecular formula is C18H27N3O3. The molecule has 1 aliphatic heterocycles. The maximum Gasteiger partial charge on any atom is 0.228 e. The highest BCUT2D eigenvalue weighted by Crippen LogP contribution is 2.29. The van der Waals surface area contributed by atoms with Crippen LogP contribution in [0.1, 0.15) is 57.1 Å². The van der Waals surface area contributed by atoms with Crippen LogP contribution < -0.4 is 5.32 Å². The van der Waals surface area contributed by atoms with Crippen LogP contribution in [0, 0.1) is 18.8 Å². The molecule has 0 bridgehead atoms. The fourth-order valence-electron chi connectivity index (χ4n) is 3.83. The van der Waals surface area contributed by atoms with E-state index in [0.717, 1.165) is 25.2 Å². The third-order valence-corrected chi connectivity index (χ3v) is 5.34. The number of rotatable bonds is 5. The van der Waals surface area contributed by atoms with Crippen molar-refractivity contribution in [2.75, 3.05) is 18.4 Å². The first-order valence-corrected chi connectivity index (χ1v) is 9.14. The third-order valence-electron chi connectivity index (χ3n) is 5.34. The van der Waals surface area contributed by atoms with Crippen LogP contribution in [-0.2, 0) is 9.59 Å². The summed E-state index contributed by atoms with van der Waals surface area (Å²) in [6.07, 6.45) is 8.36. The van der Waals surface area contributed by atoms with Crippen molar-refractivity contribution in [1.82, 2.24) is 10.1 Å². The average Bonchev–Trinajstić information content (AvgIpc) is 3.24. The Bertz CT molecular complexity index is 570. The number of aryl methyl sites for hydroxylation is 1. The summed E-state index contributed by atoms with van der Waals surface area (Å²) in [5.41, 5.74) is 0. The van der Waals surface area contributed by atoms with Crippen LogP contribution in [-0.4, -0.2) is 35.0 Å². The van der Waals surface area contributed by atoms with Gasteiger partial charge in [0.15, 0.2) is 5.82 Å². The summed E-state index contributed by atoms with van der Waals surface area (Å²) in [6.45, 7) is 3.15. The topological polar surface area (TPSA) is 75.4 Å². The summed E-state index contributed by atoms with van der Waals surface area (Å²) in [4.78, 5) is 26.5. The van der Waals surface area contributed by atoms with E-state index < -0.39 is 0 Å². The lowest BCUT2D eigenvalue weighted by Gasteiger charge is -2.31. The van der Waals surface area contributed by atoms with E-state index in [9.17, 15) is 9.59 Å². The fraction of sp³-hybridized carbons (Fsp3) is 0.722. The molecule has 3 rings (SSSR count). The number of nitrogens with one attached hydrogen (secondary N) is 1. The minimum Gasteiger partial charge on any atom is -0.360 e. The Kier molecular flexibility index (Phi) is 5.53. The van der Waals surface area contributed by atoms with Gasteiger partial charge in [0.25, 0.3) is 0 Å². The molecule has 6 heteroatoms. The second-order valence-electron chi connectivity index (χ2n) is 7.16. The molecule has 0 radical (unpaired) electrons. The van der Waals surface area contributed by atoms with Crippen molar-refractivity contribution in [3.8, 4) is 0 Å². The molecule has 2 heterocycles. The fourth-order valence-corrected chi connectivity index (χ4v) is 3.83. The van der Waals surface area contributed by atoms with Crippen molar-refractivity contribution in [2.24, 2.45) is 11.8 Å². The molecule has 0 unspecified atom stereocenters. The van der Waals surface area contributed by atoms with Gasteiger partial charge >= 0.3 is 0 Å². The number of nitrogens with zero attached hydrogens (tertiary/aromatic N) is 2. The van der Waals surface area contributed by atoms with E-state index in [1.807, 2.05) is 4.90 Å². The van der Waals surface area contributed by atoms with E-state index in [1.54, 1.807) is 13.0 Å². The molecule has 132 valence electrons. The highest BCUT2D eigenvalue weighted by molar-refractivity contribution is 5.91. The molecule has 0 atom stereocenters. The maximum atomic E-state index is 12.3. The van der Waals surface area contributed by atoms with E-state index in [-0.39, 0.29) is 17.7 Å². The number of piperidine rings is 1. The van der Waals surface area contributed by atoms with Gasteiger partial charge in [0.05, 0.1) is 0 Å². The second kappa shape index (κ2) is 7.81. The van der Waals surface area contributed by atoms with Crippen LogP contribution in [0.25, 0.3) is 0 Å². The number of aromatic nitrogens is 1.